The van der Waals surface area contributed by atoms with Crippen molar-refractivity contribution in [1.82, 2.24) is 9.88 Å². The van der Waals surface area contributed by atoms with Crippen LogP contribution in [0.15, 0.2) is 30.5 Å². The van der Waals surface area contributed by atoms with Gasteiger partial charge in [-0.1, -0.05) is 0 Å². The van der Waals surface area contributed by atoms with Crippen LogP contribution in [-0.2, 0) is 6.54 Å². The first-order chi connectivity index (χ1) is 11.0. The molecule has 0 radical (unpaired) electrons. The van der Waals surface area contributed by atoms with Crippen LogP contribution in [-0.4, -0.2) is 22.3 Å². The van der Waals surface area contributed by atoms with Crippen molar-refractivity contribution in [3.63, 3.8) is 0 Å². The van der Waals surface area contributed by atoms with E-state index in [-0.39, 0.29) is 11.5 Å². The van der Waals surface area contributed by atoms with Crippen molar-refractivity contribution in [2.24, 2.45) is 0 Å². The van der Waals surface area contributed by atoms with Gasteiger partial charge in [0, 0.05) is 29.4 Å². The first kappa shape index (κ1) is 15.4. The SMILES string of the molecule is CCN1Cc2c(ccnc2NC(C)c2cc(F)ccc2F)C1=O. The van der Waals surface area contributed by atoms with Crippen LogP contribution in [0.25, 0.3) is 0 Å². The van der Waals surface area contributed by atoms with Gasteiger partial charge in [-0.3, -0.25) is 4.79 Å². The Balaban J connectivity index is 1.90. The topological polar surface area (TPSA) is 45.2 Å². The molecule has 2 aromatic rings. The molecule has 4 nitrogen and oxygen atoms in total. The molecule has 1 amide bonds. The first-order valence-corrected chi connectivity index (χ1v) is 7.50. The van der Waals surface area contributed by atoms with Gasteiger partial charge >= 0.3 is 0 Å². The Morgan fingerprint density at radius 1 is 1.35 bits per heavy atom. The molecule has 6 heteroatoms. The smallest absolute Gasteiger partial charge is 0.254 e. The molecule has 23 heavy (non-hydrogen) atoms. The lowest BCUT2D eigenvalue weighted by Gasteiger charge is -2.18. The summed E-state index contributed by atoms with van der Waals surface area (Å²) in [5.41, 5.74) is 1.63. The minimum atomic E-state index is -0.492. The number of hydrogen-bond acceptors (Lipinski definition) is 3. The summed E-state index contributed by atoms with van der Waals surface area (Å²) in [6, 6.07) is 4.57. The molecule has 1 unspecified atom stereocenters. The number of halogens is 2. The number of amides is 1. The molecule has 0 fully saturated rings. The number of nitrogens with one attached hydrogen (secondary N) is 1. The van der Waals surface area contributed by atoms with Crippen LogP contribution in [0.2, 0.25) is 0 Å². The number of benzene rings is 1. The van der Waals surface area contributed by atoms with Gasteiger partial charge in [-0.05, 0) is 38.1 Å². The van der Waals surface area contributed by atoms with Crippen LogP contribution < -0.4 is 5.32 Å². The maximum absolute atomic E-state index is 13.9. The predicted molar refractivity (Wildman–Crippen MR) is 83.0 cm³/mol. The number of rotatable bonds is 4. The lowest BCUT2D eigenvalue weighted by Crippen LogP contribution is -2.22. The van der Waals surface area contributed by atoms with E-state index in [9.17, 15) is 13.6 Å². The molecule has 1 aliphatic heterocycles. The average molecular weight is 317 g/mol. The number of aromatic nitrogens is 1. The summed E-state index contributed by atoms with van der Waals surface area (Å²) in [6.07, 6.45) is 1.55. The molecule has 0 aliphatic carbocycles. The van der Waals surface area contributed by atoms with Crippen molar-refractivity contribution in [3.05, 3.63) is 58.8 Å². The molecule has 0 bridgehead atoms. The summed E-state index contributed by atoms with van der Waals surface area (Å²) in [7, 11) is 0. The molecule has 1 aromatic carbocycles. The van der Waals surface area contributed by atoms with Crippen molar-refractivity contribution >= 4 is 11.7 Å². The number of hydrogen-bond donors (Lipinski definition) is 1. The Morgan fingerprint density at radius 3 is 2.87 bits per heavy atom. The number of anilines is 1. The third-order valence-corrected chi connectivity index (χ3v) is 4.08. The van der Waals surface area contributed by atoms with Gasteiger partial charge in [0.2, 0.25) is 0 Å². The van der Waals surface area contributed by atoms with Gasteiger partial charge in [-0.2, -0.15) is 0 Å². The van der Waals surface area contributed by atoms with E-state index in [1.54, 1.807) is 24.1 Å². The van der Waals surface area contributed by atoms with E-state index in [0.717, 1.165) is 17.7 Å². The van der Waals surface area contributed by atoms with Gasteiger partial charge in [-0.15, -0.1) is 0 Å². The van der Waals surface area contributed by atoms with E-state index in [1.165, 1.54) is 6.07 Å². The fourth-order valence-electron chi connectivity index (χ4n) is 2.79. The van der Waals surface area contributed by atoms with Crippen LogP contribution in [0, 0.1) is 11.6 Å². The van der Waals surface area contributed by atoms with Crippen LogP contribution >= 0.6 is 0 Å². The van der Waals surface area contributed by atoms with Gasteiger partial charge in [0.05, 0.1) is 12.6 Å². The number of carbonyl (C=O) groups excluding carboxylic acids is 1. The van der Waals surface area contributed by atoms with Gasteiger partial charge < -0.3 is 10.2 Å². The minimum absolute atomic E-state index is 0.0301. The normalized spacial score (nSPS) is 14.8. The molecule has 1 aliphatic rings. The van der Waals surface area contributed by atoms with Crippen molar-refractivity contribution in [2.45, 2.75) is 26.4 Å². The maximum atomic E-state index is 13.9. The fourth-order valence-corrected chi connectivity index (χ4v) is 2.79. The molecule has 0 spiro atoms. The highest BCUT2D eigenvalue weighted by Crippen LogP contribution is 2.30. The molecule has 1 aromatic heterocycles. The highest BCUT2D eigenvalue weighted by atomic mass is 19.1. The number of pyridine rings is 1. The van der Waals surface area contributed by atoms with Crippen LogP contribution in [0.4, 0.5) is 14.6 Å². The van der Waals surface area contributed by atoms with Crippen LogP contribution in [0.5, 0.6) is 0 Å². The molecule has 1 N–H and O–H groups in total. The number of carbonyl (C=O) groups is 1. The highest BCUT2D eigenvalue weighted by molar-refractivity contribution is 5.99. The quantitative estimate of drug-likeness (QED) is 0.938. The summed E-state index contributed by atoms with van der Waals surface area (Å²) in [5.74, 6) is -0.473. The van der Waals surface area contributed by atoms with E-state index < -0.39 is 17.7 Å². The molecule has 2 heterocycles. The Bertz CT molecular complexity index is 763. The van der Waals surface area contributed by atoms with Crippen molar-refractivity contribution in [3.8, 4) is 0 Å². The predicted octanol–water partition coefficient (Wildman–Crippen LogP) is 3.51. The van der Waals surface area contributed by atoms with Crippen molar-refractivity contribution < 1.29 is 13.6 Å². The summed E-state index contributed by atoms with van der Waals surface area (Å²) < 4.78 is 27.2. The molecule has 120 valence electrons. The Labute approximate surface area is 133 Å². The molecule has 0 saturated carbocycles. The van der Waals surface area contributed by atoms with E-state index in [0.29, 0.717) is 24.5 Å². The minimum Gasteiger partial charge on any atom is -0.363 e. The highest BCUT2D eigenvalue weighted by Gasteiger charge is 2.29. The fraction of sp³-hybridized carbons (Fsp3) is 0.294. The second-order valence-electron chi connectivity index (χ2n) is 5.54. The van der Waals surface area contributed by atoms with E-state index >= 15 is 0 Å². The second kappa shape index (κ2) is 5.95. The van der Waals surface area contributed by atoms with E-state index in [2.05, 4.69) is 10.3 Å². The Hall–Kier alpha value is -2.50. The number of fused-ring (bicyclic) bond motifs is 1. The van der Waals surface area contributed by atoms with E-state index in [4.69, 9.17) is 0 Å². The molecule has 3 rings (SSSR count). The van der Waals surface area contributed by atoms with Gasteiger partial charge in [0.15, 0.2) is 0 Å². The monoisotopic (exact) mass is 317 g/mol. The summed E-state index contributed by atoms with van der Waals surface area (Å²) in [4.78, 5) is 18.2. The first-order valence-electron chi connectivity index (χ1n) is 7.50. The third kappa shape index (κ3) is 2.76. The van der Waals surface area contributed by atoms with Crippen molar-refractivity contribution in [2.75, 3.05) is 11.9 Å². The zero-order valence-corrected chi connectivity index (χ0v) is 12.9. The Morgan fingerprint density at radius 2 is 2.13 bits per heavy atom. The zero-order valence-electron chi connectivity index (χ0n) is 12.9. The molecule has 1 atom stereocenters. The Kier molecular flexibility index (Phi) is 3.98. The summed E-state index contributed by atoms with van der Waals surface area (Å²) in [6.45, 7) is 4.72. The van der Waals surface area contributed by atoms with Gasteiger partial charge in [0.1, 0.15) is 17.5 Å². The third-order valence-electron chi connectivity index (χ3n) is 4.08. The standard InChI is InChI=1S/C17H17F2N3O/c1-3-22-9-14-12(17(22)23)6-7-20-16(14)21-10(2)13-8-11(18)4-5-15(13)19/h4-8,10H,3,9H2,1-2H3,(H,20,21). The van der Waals surface area contributed by atoms with Gasteiger partial charge in [-0.25, -0.2) is 13.8 Å². The summed E-state index contributed by atoms with van der Waals surface area (Å²) in [5, 5.41) is 3.10. The number of nitrogens with zero attached hydrogens (tertiary/aromatic N) is 2. The van der Waals surface area contributed by atoms with Crippen LogP contribution in [0.1, 0.15) is 41.4 Å². The van der Waals surface area contributed by atoms with Crippen LogP contribution in [0.3, 0.4) is 0 Å². The van der Waals surface area contributed by atoms with Crippen molar-refractivity contribution in [1.29, 1.82) is 0 Å². The largest absolute Gasteiger partial charge is 0.363 e. The molecular weight excluding hydrogens is 300 g/mol. The van der Waals surface area contributed by atoms with E-state index in [1.807, 2.05) is 6.92 Å². The second-order valence-corrected chi connectivity index (χ2v) is 5.54. The zero-order chi connectivity index (χ0) is 16.6. The average Bonchev–Trinajstić information content (AvgIpc) is 2.87. The van der Waals surface area contributed by atoms with Gasteiger partial charge in [0.25, 0.3) is 5.91 Å². The lowest BCUT2D eigenvalue weighted by molar-refractivity contribution is 0.0787. The summed E-state index contributed by atoms with van der Waals surface area (Å²) >= 11 is 0. The molecule has 0 saturated heterocycles. The maximum Gasteiger partial charge on any atom is 0.254 e. The molecular formula is C17H17F2N3O. The lowest BCUT2D eigenvalue weighted by atomic mass is 10.1.